The van der Waals surface area contributed by atoms with Crippen molar-refractivity contribution in [2.75, 3.05) is 6.61 Å². The highest BCUT2D eigenvalue weighted by Gasteiger charge is 2.20. The smallest absolute Gasteiger partial charge is 0.0902 e. The molecule has 0 aromatic heterocycles. The van der Waals surface area contributed by atoms with Crippen LogP contribution in [0.25, 0.3) is 0 Å². The lowest BCUT2D eigenvalue weighted by Gasteiger charge is -2.18. The first kappa shape index (κ1) is 7.61. The number of hydrogen-bond acceptors (Lipinski definition) is 2. The molecule has 1 aliphatic heterocycles. The van der Waals surface area contributed by atoms with Gasteiger partial charge in [-0.05, 0) is 17.9 Å². The minimum absolute atomic E-state index is 0.304. The van der Waals surface area contributed by atoms with E-state index < -0.39 is 0 Å². The molecular weight excluding hydrogens is 128 g/mol. The zero-order chi connectivity index (χ0) is 7.56. The van der Waals surface area contributed by atoms with E-state index >= 15 is 0 Å². The average molecular weight is 142 g/mol. The van der Waals surface area contributed by atoms with Gasteiger partial charge in [-0.3, -0.25) is 0 Å². The predicted molar refractivity (Wildman–Crippen MR) is 39.4 cm³/mol. The van der Waals surface area contributed by atoms with Crippen molar-refractivity contribution >= 4 is 0 Å². The van der Waals surface area contributed by atoms with Gasteiger partial charge in [0, 0.05) is 0 Å². The fourth-order valence-corrected chi connectivity index (χ4v) is 1.01. The standard InChI is InChI=1S/C8H14O2/c1-6-5-10-4-3-8(9)7(6)2/h3-4,6-9H,5H2,1-2H3/t6-,7-,8?/m1/s1. The van der Waals surface area contributed by atoms with Gasteiger partial charge < -0.3 is 9.84 Å². The van der Waals surface area contributed by atoms with Crippen molar-refractivity contribution in [1.29, 1.82) is 0 Å². The van der Waals surface area contributed by atoms with E-state index in [9.17, 15) is 5.11 Å². The average Bonchev–Trinajstić information content (AvgIpc) is 2.04. The molecule has 2 nitrogen and oxygen atoms in total. The summed E-state index contributed by atoms with van der Waals surface area (Å²) in [5.74, 6) is 0.740. The van der Waals surface area contributed by atoms with E-state index in [-0.39, 0.29) is 6.10 Å². The molecule has 1 aliphatic rings. The van der Waals surface area contributed by atoms with Crippen molar-refractivity contribution in [2.45, 2.75) is 20.0 Å². The third kappa shape index (κ3) is 1.51. The first-order chi connectivity index (χ1) is 4.72. The van der Waals surface area contributed by atoms with E-state index in [1.165, 1.54) is 0 Å². The van der Waals surface area contributed by atoms with Gasteiger partial charge in [-0.15, -0.1) is 0 Å². The normalized spacial score (nSPS) is 40.5. The molecule has 0 saturated heterocycles. The summed E-state index contributed by atoms with van der Waals surface area (Å²) in [7, 11) is 0. The van der Waals surface area contributed by atoms with Gasteiger partial charge in [0.1, 0.15) is 0 Å². The first-order valence-electron chi connectivity index (χ1n) is 3.68. The van der Waals surface area contributed by atoms with Crippen LogP contribution in [0.4, 0.5) is 0 Å². The third-order valence-corrected chi connectivity index (χ3v) is 2.17. The Kier molecular flexibility index (Phi) is 2.33. The Balaban J connectivity index is 2.57. The quantitative estimate of drug-likeness (QED) is 0.550. The minimum atomic E-state index is -0.336. The summed E-state index contributed by atoms with van der Waals surface area (Å²) in [5, 5.41) is 9.36. The highest BCUT2D eigenvalue weighted by molar-refractivity contribution is 4.90. The molecule has 0 amide bonds. The zero-order valence-electron chi connectivity index (χ0n) is 6.45. The van der Waals surface area contributed by atoms with Gasteiger partial charge in [-0.25, -0.2) is 0 Å². The van der Waals surface area contributed by atoms with E-state index in [2.05, 4.69) is 6.92 Å². The van der Waals surface area contributed by atoms with Gasteiger partial charge in [0.15, 0.2) is 0 Å². The largest absolute Gasteiger partial charge is 0.501 e. The van der Waals surface area contributed by atoms with Gasteiger partial charge in [0.25, 0.3) is 0 Å². The van der Waals surface area contributed by atoms with Crippen molar-refractivity contribution in [2.24, 2.45) is 11.8 Å². The van der Waals surface area contributed by atoms with Crippen LogP contribution in [0.1, 0.15) is 13.8 Å². The van der Waals surface area contributed by atoms with Gasteiger partial charge in [-0.1, -0.05) is 13.8 Å². The van der Waals surface area contributed by atoms with Gasteiger partial charge in [-0.2, -0.15) is 0 Å². The second-order valence-corrected chi connectivity index (χ2v) is 2.99. The van der Waals surface area contributed by atoms with Crippen LogP contribution in [0.5, 0.6) is 0 Å². The summed E-state index contributed by atoms with van der Waals surface area (Å²) in [6.45, 7) is 4.84. The minimum Gasteiger partial charge on any atom is -0.501 e. The molecule has 0 bridgehead atoms. The van der Waals surface area contributed by atoms with E-state index in [1.807, 2.05) is 6.92 Å². The Morgan fingerprint density at radius 3 is 2.90 bits per heavy atom. The Bertz CT molecular complexity index is 131. The Hall–Kier alpha value is -0.500. The van der Waals surface area contributed by atoms with Crippen LogP contribution >= 0.6 is 0 Å². The summed E-state index contributed by atoms with van der Waals surface area (Å²) >= 11 is 0. The summed E-state index contributed by atoms with van der Waals surface area (Å²) in [5.41, 5.74) is 0. The van der Waals surface area contributed by atoms with Crippen molar-refractivity contribution < 1.29 is 9.84 Å². The number of rotatable bonds is 0. The maximum absolute atomic E-state index is 9.36. The summed E-state index contributed by atoms with van der Waals surface area (Å²) in [6.07, 6.45) is 2.95. The second-order valence-electron chi connectivity index (χ2n) is 2.99. The number of aliphatic hydroxyl groups is 1. The molecule has 0 aliphatic carbocycles. The first-order valence-corrected chi connectivity index (χ1v) is 3.68. The molecule has 0 saturated carbocycles. The van der Waals surface area contributed by atoms with Gasteiger partial charge in [0.2, 0.25) is 0 Å². The molecule has 3 atom stereocenters. The molecule has 0 fully saturated rings. The summed E-state index contributed by atoms with van der Waals surface area (Å²) in [4.78, 5) is 0. The fraction of sp³-hybridized carbons (Fsp3) is 0.750. The Morgan fingerprint density at radius 1 is 1.50 bits per heavy atom. The zero-order valence-corrected chi connectivity index (χ0v) is 6.45. The Morgan fingerprint density at radius 2 is 2.20 bits per heavy atom. The Labute approximate surface area is 61.5 Å². The highest BCUT2D eigenvalue weighted by atomic mass is 16.5. The monoisotopic (exact) mass is 142 g/mol. The third-order valence-electron chi connectivity index (χ3n) is 2.17. The van der Waals surface area contributed by atoms with Crippen molar-refractivity contribution in [1.82, 2.24) is 0 Å². The molecule has 1 N–H and O–H groups in total. The fourth-order valence-electron chi connectivity index (χ4n) is 1.01. The van der Waals surface area contributed by atoms with E-state index in [4.69, 9.17) is 4.74 Å². The SMILES string of the molecule is C[C@@H]1COC=CC(O)[C@@H]1C. The van der Waals surface area contributed by atoms with Gasteiger partial charge in [0.05, 0.1) is 19.0 Å². The van der Waals surface area contributed by atoms with Crippen molar-refractivity contribution in [3.63, 3.8) is 0 Å². The molecule has 0 aromatic rings. The second kappa shape index (κ2) is 3.06. The lowest BCUT2D eigenvalue weighted by Crippen LogP contribution is -2.22. The molecule has 2 heteroatoms. The molecule has 0 radical (unpaired) electrons. The van der Waals surface area contributed by atoms with Crippen LogP contribution in [0.15, 0.2) is 12.3 Å². The van der Waals surface area contributed by atoms with Crippen molar-refractivity contribution in [3.8, 4) is 0 Å². The highest BCUT2D eigenvalue weighted by Crippen LogP contribution is 2.19. The molecule has 58 valence electrons. The van der Waals surface area contributed by atoms with Gasteiger partial charge >= 0.3 is 0 Å². The summed E-state index contributed by atoms with van der Waals surface area (Å²) < 4.78 is 5.11. The predicted octanol–water partition coefficient (Wildman–Crippen LogP) is 1.16. The number of ether oxygens (including phenoxy) is 1. The van der Waals surface area contributed by atoms with Crippen LogP contribution < -0.4 is 0 Å². The number of hydrogen-bond donors (Lipinski definition) is 1. The van der Waals surface area contributed by atoms with E-state index in [0.717, 1.165) is 0 Å². The molecule has 0 spiro atoms. The van der Waals surface area contributed by atoms with E-state index in [1.54, 1.807) is 12.3 Å². The topological polar surface area (TPSA) is 29.5 Å². The summed E-state index contributed by atoms with van der Waals surface area (Å²) in [6, 6.07) is 0. The molecule has 0 aromatic carbocycles. The molecule has 1 heterocycles. The lowest BCUT2D eigenvalue weighted by molar-refractivity contribution is 0.109. The van der Waals surface area contributed by atoms with Crippen LogP contribution in [-0.2, 0) is 4.74 Å². The molecular formula is C8H14O2. The maximum Gasteiger partial charge on any atom is 0.0902 e. The van der Waals surface area contributed by atoms with Crippen LogP contribution in [0.3, 0.4) is 0 Å². The molecule has 1 unspecified atom stereocenters. The molecule has 1 rings (SSSR count). The molecule has 10 heavy (non-hydrogen) atoms. The van der Waals surface area contributed by atoms with Crippen LogP contribution in [-0.4, -0.2) is 17.8 Å². The lowest BCUT2D eigenvalue weighted by atomic mass is 9.92. The van der Waals surface area contributed by atoms with E-state index in [0.29, 0.717) is 18.4 Å². The van der Waals surface area contributed by atoms with Crippen LogP contribution in [0.2, 0.25) is 0 Å². The number of aliphatic hydroxyl groups excluding tert-OH is 1. The van der Waals surface area contributed by atoms with Crippen molar-refractivity contribution in [3.05, 3.63) is 12.3 Å². The maximum atomic E-state index is 9.36. The van der Waals surface area contributed by atoms with Crippen LogP contribution in [0, 0.1) is 11.8 Å².